The molecule has 3 aliphatic rings. The van der Waals surface area contributed by atoms with E-state index in [2.05, 4.69) is 59.5 Å². The van der Waals surface area contributed by atoms with E-state index in [0.29, 0.717) is 5.92 Å². The van der Waals surface area contributed by atoms with E-state index in [1.54, 1.807) is 0 Å². The maximum Gasteiger partial charge on any atom is 0.0158 e. The highest BCUT2D eigenvalue weighted by Crippen LogP contribution is 2.38. The van der Waals surface area contributed by atoms with E-state index >= 15 is 0 Å². The summed E-state index contributed by atoms with van der Waals surface area (Å²) in [6, 6.07) is 19.0. The van der Waals surface area contributed by atoms with Crippen LogP contribution in [0, 0.1) is 5.92 Å². The van der Waals surface area contributed by atoms with Gasteiger partial charge in [0.2, 0.25) is 0 Å². The van der Waals surface area contributed by atoms with Crippen molar-refractivity contribution in [3.8, 4) is 0 Å². The van der Waals surface area contributed by atoms with Gasteiger partial charge in [0.25, 0.3) is 0 Å². The largest absolute Gasteiger partial charge is 0.300 e. The summed E-state index contributed by atoms with van der Waals surface area (Å²) in [4.78, 5) is 2.78. The predicted molar refractivity (Wildman–Crippen MR) is 109 cm³/mol. The molecule has 0 aromatic heterocycles. The first-order valence-electron chi connectivity index (χ1n) is 10.5. The van der Waals surface area contributed by atoms with Gasteiger partial charge in [-0.05, 0) is 85.4 Å². The van der Waals surface area contributed by atoms with E-state index in [1.165, 1.54) is 73.0 Å². The number of hydrogen-bond acceptors (Lipinski definition) is 1. The number of piperidine rings is 2. The Bertz CT molecular complexity index is 767. The summed E-state index contributed by atoms with van der Waals surface area (Å²) in [5.74, 6) is 0.707. The molecule has 0 unspecified atom stereocenters. The maximum absolute atomic E-state index is 2.78. The van der Waals surface area contributed by atoms with Crippen molar-refractivity contribution in [1.29, 1.82) is 0 Å². The third-order valence-electron chi connectivity index (χ3n) is 6.80. The number of benzene rings is 2. The average molecular weight is 344 g/mol. The number of nitrogens with zero attached hydrogens (tertiary/aromatic N) is 1. The molecule has 2 saturated heterocycles. The van der Waals surface area contributed by atoms with E-state index in [4.69, 9.17) is 0 Å². The molecular weight excluding hydrogens is 314 g/mol. The fraction of sp³-hybridized carbons (Fsp3) is 0.440. The van der Waals surface area contributed by atoms with E-state index in [1.807, 2.05) is 0 Å². The molecule has 2 heterocycles. The molecule has 26 heavy (non-hydrogen) atoms. The van der Waals surface area contributed by atoms with Gasteiger partial charge in [-0.15, -0.1) is 0 Å². The predicted octanol–water partition coefficient (Wildman–Crippen LogP) is 5.48. The third kappa shape index (κ3) is 2.93. The summed E-state index contributed by atoms with van der Waals surface area (Å²) in [5, 5.41) is 0. The lowest BCUT2D eigenvalue weighted by molar-refractivity contribution is 0.0786. The van der Waals surface area contributed by atoms with Gasteiger partial charge in [0.05, 0.1) is 0 Å². The van der Waals surface area contributed by atoms with Crippen molar-refractivity contribution in [2.45, 2.75) is 51.0 Å². The smallest absolute Gasteiger partial charge is 0.0158 e. The molecule has 0 saturated carbocycles. The van der Waals surface area contributed by atoms with Gasteiger partial charge >= 0.3 is 0 Å². The second-order valence-electron chi connectivity index (χ2n) is 8.30. The van der Waals surface area contributed by atoms with Crippen LogP contribution in [0.2, 0.25) is 0 Å². The van der Waals surface area contributed by atoms with Crippen molar-refractivity contribution < 1.29 is 0 Å². The Morgan fingerprint density at radius 1 is 0.731 bits per heavy atom. The monoisotopic (exact) mass is 343 g/mol. The van der Waals surface area contributed by atoms with Gasteiger partial charge in [0.15, 0.2) is 0 Å². The number of fused-ring (bicyclic) bond motifs is 3. The van der Waals surface area contributed by atoms with Crippen molar-refractivity contribution in [3.05, 3.63) is 76.9 Å². The second-order valence-corrected chi connectivity index (χ2v) is 8.30. The molecular formula is C25H29N. The standard InChI is InChI=1S/C25H29N/c1-3-11-22-19(8-1)14-15-20-9-2-4-12-23(20)24(22)18-21-10-7-17-26-16-6-5-13-25(21)26/h1-4,8-9,11-12,18,21,25H,5-7,10,13-17H2/t21-,25-/m1/s1. The SMILES string of the molecule is C(=C1c2ccccc2CCc2ccccc21)[C@H]1CCCN2CCCC[C@H]12. The zero-order chi connectivity index (χ0) is 17.3. The topological polar surface area (TPSA) is 3.24 Å². The molecule has 5 rings (SSSR count). The summed E-state index contributed by atoms with van der Waals surface area (Å²) in [6.45, 7) is 2.63. The Morgan fingerprint density at radius 3 is 2.12 bits per heavy atom. The summed E-state index contributed by atoms with van der Waals surface area (Å²) >= 11 is 0. The van der Waals surface area contributed by atoms with Crippen LogP contribution in [0.4, 0.5) is 0 Å². The van der Waals surface area contributed by atoms with Gasteiger partial charge in [0.1, 0.15) is 0 Å². The number of hydrogen-bond donors (Lipinski definition) is 0. The van der Waals surface area contributed by atoms with Crippen LogP contribution in [-0.4, -0.2) is 24.0 Å². The fourth-order valence-electron chi connectivity index (χ4n) is 5.51. The Morgan fingerprint density at radius 2 is 1.38 bits per heavy atom. The molecule has 2 aromatic carbocycles. The summed E-state index contributed by atoms with van der Waals surface area (Å²) in [7, 11) is 0. The molecule has 2 aromatic rings. The zero-order valence-electron chi connectivity index (χ0n) is 15.7. The molecule has 1 nitrogen and oxygen atoms in total. The van der Waals surface area contributed by atoms with Crippen molar-refractivity contribution in [2.75, 3.05) is 13.1 Å². The zero-order valence-corrected chi connectivity index (χ0v) is 15.7. The van der Waals surface area contributed by atoms with Crippen LogP contribution in [-0.2, 0) is 12.8 Å². The summed E-state index contributed by atoms with van der Waals surface area (Å²) in [6.07, 6.45) is 11.9. The number of aryl methyl sites for hydroxylation is 2. The molecule has 1 aliphatic carbocycles. The molecule has 0 spiro atoms. The molecule has 2 atom stereocenters. The lowest BCUT2D eigenvalue weighted by Crippen LogP contribution is -2.47. The van der Waals surface area contributed by atoms with E-state index in [-0.39, 0.29) is 0 Å². The van der Waals surface area contributed by atoms with Crippen LogP contribution >= 0.6 is 0 Å². The normalized spacial score (nSPS) is 25.6. The minimum Gasteiger partial charge on any atom is -0.300 e. The van der Waals surface area contributed by atoms with Crippen LogP contribution in [0.1, 0.15) is 54.4 Å². The van der Waals surface area contributed by atoms with Crippen LogP contribution in [0.15, 0.2) is 54.6 Å². The Balaban J connectivity index is 1.61. The minimum atomic E-state index is 0.707. The third-order valence-corrected chi connectivity index (χ3v) is 6.80. The highest BCUT2D eigenvalue weighted by Gasteiger charge is 2.32. The highest BCUT2D eigenvalue weighted by molar-refractivity contribution is 5.84. The fourth-order valence-corrected chi connectivity index (χ4v) is 5.51. The molecule has 2 fully saturated rings. The lowest BCUT2D eigenvalue weighted by atomic mass is 9.80. The van der Waals surface area contributed by atoms with Gasteiger partial charge in [-0.2, -0.15) is 0 Å². The summed E-state index contributed by atoms with van der Waals surface area (Å²) < 4.78 is 0. The van der Waals surface area contributed by atoms with Gasteiger partial charge in [-0.3, -0.25) is 4.90 Å². The first-order chi connectivity index (χ1) is 12.9. The van der Waals surface area contributed by atoms with Crippen LogP contribution in [0.25, 0.3) is 5.57 Å². The van der Waals surface area contributed by atoms with Crippen molar-refractivity contribution in [3.63, 3.8) is 0 Å². The Hall–Kier alpha value is -1.86. The number of rotatable bonds is 1. The van der Waals surface area contributed by atoms with E-state index < -0.39 is 0 Å². The molecule has 0 N–H and O–H groups in total. The van der Waals surface area contributed by atoms with Gasteiger partial charge in [-0.1, -0.05) is 61.0 Å². The molecule has 0 radical (unpaired) electrons. The Kier molecular flexibility index (Phi) is 4.42. The second kappa shape index (κ2) is 7.04. The van der Waals surface area contributed by atoms with Crippen molar-refractivity contribution in [1.82, 2.24) is 4.90 Å². The molecule has 0 amide bonds. The lowest BCUT2D eigenvalue weighted by Gasteiger charge is -2.43. The van der Waals surface area contributed by atoms with E-state index in [9.17, 15) is 0 Å². The van der Waals surface area contributed by atoms with Crippen LogP contribution in [0.5, 0.6) is 0 Å². The van der Waals surface area contributed by atoms with Crippen LogP contribution in [0.3, 0.4) is 0 Å². The van der Waals surface area contributed by atoms with Gasteiger partial charge in [-0.25, -0.2) is 0 Å². The molecule has 134 valence electrons. The quantitative estimate of drug-likeness (QED) is 0.662. The molecule has 1 heteroatoms. The summed E-state index contributed by atoms with van der Waals surface area (Å²) in [5.41, 5.74) is 7.50. The van der Waals surface area contributed by atoms with E-state index in [0.717, 1.165) is 18.9 Å². The maximum atomic E-state index is 2.78. The molecule has 2 aliphatic heterocycles. The first kappa shape index (κ1) is 16.3. The average Bonchev–Trinajstić information content (AvgIpc) is 2.86. The first-order valence-corrected chi connectivity index (χ1v) is 10.5. The highest BCUT2D eigenvalue weighted by atomic mass is 15.2. The van der Waals surface area contributed by atoms with Crippen molar-refractivity contribution in [2.24, 2.45) is 5.92 Å². The Labute approximate surface area is 157 Å². The van der Waals surface area contributed by atoms with Crippen LogP contribution < -0.4 is 0 Å². The molecule has 0 bridgehead atoms. The van der Waals surface area contributed by atoms with Crippen molar-refractivity contribution >= 4 is 5.57 Å². The van der Waals surface area contributed by atoms with Gasteiger partial charge in [0, 0.05) is 6.04 Å². The minimum absolute atomic E-state index is 0.707. The van der Waals surface area contributed by atoms with Gasteiger partial charge < -0.3 is 0 Å².